The molecular weight excluding hydrogens is 288 g/mol. The van der Waals surface area contributed by atoms with Crippen LogP contribution in [0.2, 0.25) is 0 Å². The fraction of sp³-hybridized carbons (Fsp3) is 0.600. The lowest BCUT2D eigenvalue weighted by atomic mass is 9.82. The molecule has 2 atom stereocenters. The molecule has 1 aliphatic rings. The zero-order valence-electron chi connectivity index (χ0n) is 12.8. The van der Waals surface area contributed by atoms with E-state index in [0.29, 0.717) is 28.8 Å². The van der Waals surface area contributed by atoms with Crippen LogP contribution in [0.1, 0.15) is 38.7 Å². The Hall–Kier alpha value is -1.27. The maximum absolute atomic E-state index is 11.6. The summed E-state index contributed by atoms with van der Waals surface area (Å²) >= 11 is 0. The lowest BCUT2D eigenvalue weighted by molar-refractivity contribution is 0.100. The zero-order chi connectivity index (χ0) is 15.8. The first-order chi connectivity index (χ1) is 9.66. The van der Waals surface area contributed by atoms with Gasteiger partial charge in [0.1, 0.15) is 5.75 Å². The molecule has 1 saturated carbocycles. The Morgan fingerprint density at radius 1 is 1.14 bits per heavy atom. The average molecular weight is 312 g/mol. The third-order valence-electron chi connectivity index (χ3n) is 4.07. The molecule has 0 radical (unpaired) electrons. The number of primary sulfonamides is 1. The quantitative estimate of drug-likeness (QED) is 0.838. The molecule has 1 aromatic rings. The second-order valence-corrected chi connectivity index (χ2v) is 7.87. The van der Waals surface area contributed by atoms with Crippen molar-refractivity contribution >= 4 is 15.7 Å². The van der Waals surface area contributed by atoms with Crippen molar-refractivity contribution in [2.75, 3.05) is 5.73 Å². The van der Waals surface area contributed by atoms with Crippen molar-refractivity contribution in [1.82, 2.24) is 0 Å². The average Bonchev–Trinajstić information content (AvgIpc) is 2.30. The van der Waals surface area contributed by atoms with Crippen LogP contribution in [0.3, 0.4) is 0 Å². The second-order valence-electron chi connectivity index (χ2n) is 6.34. The van der Waals surface area contributed by atoms with Crippen LogP contribution >= 0.6 is 0 Å². The Bertz CT molecular complexity index is 618. The number of sulfonamides is 1. The second kappa shape index (κ2) is 5.85. The predicted molar refractivity (Wildman–Crippen MR) is 83.6 cm³/mol. The van der Waals surface area contributed by atoms with Crippen LogP contribution < -0.4 is 15.6 Å². The molecule has 6 heteroatoms. The first-order valence-electron chi connectivity index (χ1n) is 7.26. The summed E-state index contributed by atoms with van der Waals surface area (Å²) in [4.78, 5) is 0.0365. The van der Waals surface area contributed by atoms with E-state index in [1.807, 2.05) is 0 Å². The summed E-state index contributed by atoms with van der Waals surface area (Å²) in [6, 6.07) is 3.05. The summed E-state index contributed by atoms with van der Waals surface area (Å²) in [5.41, 5.74) is 6.65. The van der Waals surface area contributed by atoms with Crippen molar-refractivity contribution in [2.24, 2.45) is 17.0 Å². The van der Waals surface area contributed by atoms with E-state index in [0.717, 1.165) is 12.8 Å². The van der Waals surface area contributed by atoms with E-state index in [9.17, 15) is 8.42 Å². The van der Waals surface area contributed by atoms with Gasteiger partial charge in [0.05, 0.1) is 11.0 Å². The Labute approximate surface area is 126 Å². The highest BCUT2D eigenvalue weighted by atomic mass is 32.2. The van der Waals surface area contributed by atoms with E-state index in [4.69, 9.17) is 15.6 Å². The maximum atomic E-state index is 11.6. The first kappa shape index (κ1) is 16.1. The molecule has 5 nitrogen and oxygen atoms in total. The SMILES string of the molecule is Cc1c(OC2CC(C)CC(C)C2)cc(N)cc1S(N)(=O)=O. The Morgan fingerprint density at radius 2 is 1.71 bits per heavy atom. The van der Waals surface area contributed by atoms with E-state index in [1.165, 1.54) is 12.5 Å². The highest BCUT2D eigenvalue weighted by molar-refractivity contribution is 7.89. The van der Waals surface area contributed by atoms with Gasteiger partial charge in [-0.1, -0.05) is 13.8 Å². The van der Waals surface area contributed by atoms with Crippen LogP contribution in [-0.2, 0) is 10.0 Å². The standard InChI is InChI=1S/C15H24N2O3S/c1-9-4-10(2)6-13(5-9)20-14-7-12(16)8-15(11(14)3)21(17,18)19/h7-10,13H,4-6,16H2,1-3H3,(H2,17,18,19). The van der Waals surface area contributed by atoms with E-state index in [2.05, 4.69) is 13.8 Å². The van der Waals surface area contributed by atoms with Gasteiger partial charge in [0.15, 0.2) is 0 Å². The minimum Gasteiger partial charge on any atom is -0.490 e. The molecule has 2 unspecified atom stereocenters. The van der Waals surface area contributed by atoms with E-state index in [-0.39, 0.29) is 11.0 Å². The van der Waals surface area contributed by atoms with Crippen LogP contribution in [0, 0.1) is 18.8 Å². The molecule has 0 bridgehead atoms. The van der Waals surface area contributed by atoms with E-state index in [1.54, 1.807) is 13.0 Å². The maximum Gasteiger partial charge on any atom is 0.238 e. The van der Waals surface area contributed by atoms with Crippen molar-refractivity contribution in [3.8, 4) is 5.75 Å². The van der Waals surface area contributed by atoms with Crippen LogP contribution in [0.15, 0.2) is 17.0 Å². The zero-order valence-corrected chi connectivity index (χ0v) is 13.6. The van der Waals surface area contributed by atoms with Crippen LogP contribution in [0.4, 0.5) is 5.69 Å². The molecule has 0 aliphatic heterocycles. The summed E-state index contributed by atoms with van der Waals surface area (Å²) in [6.45, 7) is 6.13. The molecule has 4 N–H and O–H groups in total. The monoisotopic (exact) mass is 312 g/mol. The highest BCUT2D eigenvalue weighted by Gasteiger charge is 2.26. The number of nitrogens with two attached hydrogens (primary N) is 2. The number of hydrogen-bond donors (Lipinski definition) is 2. The number of anilines is 1. The van der Waals surface area contributed by atoms with Gasteiger partial charge in [-0.15, -0.1) is 0 Å². The minimum atomic E-state index is -3.80. The van der Waals surface area contributed by atoms with Gasteiger partial charge in [0.2, 0.25) is 10.0 Å². The lowest BCUT2D eigenvalue weighted by Crippen LogP contribution is -2.29. The van der Waals surface area contributed by atoms with Gasteiger partial charge >= 0.3 is 0 Å². The number of ether oxygens (including phenoxy) is 1. The molecule has 118 valence electrons. The van der Waals surface area contributed by atoms with Crippen molar-refractivity contribution in [3.05, 3.63) is 17.7 Å². The molecule has 0 saturated heterocycles. The molecule has 2 rings (SSSR count). The smallest absolute Gasteiger partial charge is 0.238 e. The molecule has 1 aromatic carbocycles. The predicted octanol–water partition coefficient (Wildman–Crippen LogP) is 2.43. The van der Waals surface area contributed by atoms with E-state index >= 15 is 0 Å². The van der Waals surface area contributed by atoms with Gasteiger partial charge in [0, 0.05) is 17.3 Å². The van der Waals surface area contributed by atoms with Crippen LogP contribution in [0.25, 0.3) is 0 Å². The molecule has 1 aliphatic carbocycles. The number of nitrogen functional groups attached to an aromatic ring is 1. The van der Waals surface area contributed by atoms with Gasteiger partial charge in [-0.05, 0) is 44.1 Å². The van der Waals surface area contributed by atoms with Crippen molar-refractivity contribution in [2.45, 2.75) is 51.0 Å². The van der Waals surface area contributed by atoms with Gasteiger partial charge in [0.25, 0.3) is 0 Å². The fourth-order valence-electron chi connectivity index (χ4n) is 3.25. The van der Waals surface area contributed by atoms with Gasteiger partial charge in [-0.25, -0.2) is 13.6 Å². The van der Waals surface area contributed by atoms with Gasteiger partial charge in [-0.3, -0.25) is 0 Å². The number of rotatable bonds is 3. The Kier molecular flexibility index (Phi) is 4.49. The third-order valence-corrected chi connectivity index (χ3v) is 5.11. The van der Waals surface area contributed by atoms with Crippen molar-refractivity contribution < 1.29 is 13.2 Å². The summed E-state index contributed by atoms with van der Waals surface area (Å²) in [6.07, 6.45) is 3.25. The fourth-order valence-corrected chi connectivity index (χ4v) is 4.08. The van der Waals surface area contributed by atoms with Crippen LogP contribution in [-0.4, -0.2) is 14.5 Å². The lowest BCUT2D eigenvalue weighted by Gasteiger charge is -2.32. The summed E-state index contributed by atoms with van der Waals surface area (Å²) in [5, 5.41) is 5.23. The molecular formula is C15H24N2O3S. The van der Waals surface area contributed by atoms with E-state index < -0.39 is 10.0 Å². The Balaban J connectivity index is 2.30. The van der Waals surface area contributed by atoms with Crippen molar-refractivity contribution in [1.29, 1.82) is 0 Å². The number of benzene rings is 1. The van der Waals surface area contributed by atoms with Gasteiger partial charge < -0.3 is 10.5 Å². The normalized spacial score (nSPS) is 26.6. The summed E-state index contributed by atoms with van der Waals surface area (Å²) in [5.74, 6) is 1.74. The topological polar surface area (TPSA) is 95.4 Å². The molecule has 0 amide bonds. The van der Waals surface area contributed by atoms with Crippen molar-refractivity contribution in [3.63, 3.8) is 0 Å². The summed E-state index contributed by atoms with van der Waals surface area (Å²) in [7, 11) is -3.80. The van der Waals surface area contributed by atoms with Gasteiger partial charge in [-0.2, -0.15) is 0 Å². The largest absolute Gasteiger partial charge is 0.490 e. The third kappa shape index (κ3) is 3.89. The minimum absolute atomic E-state index is 0.0365. The molecule has 0 heterocycles. The molecule has 1 fully saturated rings. The molecule has 0 spiro atoms. The van der Waals surface area contributed by atoms with Crippen LogP contribution in [0.5, 0.6) is 5.75 Å². The summed E-state index contributed by atoms with van der Waals surface area (Å²) < 4.78 is 29.3. The Morgan fingerprint density at radius 3 is 2.24 bits per heavy atom. The number of hydrogen-bond acceptors (Lipinski definition) is 4. The first-order valence-corrected chi connectivity index (χ1v) is 8.81. The molecule has 21 heavy (non-hydrogen) atoms. The highest BCUT2D eigenvalue weighted by Crippen LogP contribution is 2.34. The molecule has 0 aromatic heterocycles.